The molecule has 90 valence electrons. The highest BCUT2D eigenvalue weighted by atomic mass is 32.1. The van der Waals surface area contributed by atoms with Gasteiger partial charge in [-0.05, 0) is 6.92 Å². The van der Waals surface area contributed by atoms with Crippen molar-refractivity contribution in [1.29, 1.82) is 0 Å². The Bertz CT molecular complexity index is 671. The third kappa shape index (κ3) is 1.91. The number of rotatable bonds is 2. The third-order valence-electron chi connectivity index (χ3n) is 2.58. The molecule has 0 spiro atoms. The van der Waals surface area contributed by atoms with E-state index >= 15 is 0 Å². The number of hydrogen-bond donors (Lipinski definition) is 0. The molecule has 3 aromatic heterocycles. The van der Waals surface area contributed by atoms with E-state index in [1.165, 1.54) is 0 Å². The van der Waals surface area contributed by atoms with Crippen molar-refractivity contribution in [3.05, 3.63) is 35.9 Å². The summed E-state index contributed by atoms with van der Waals surface area (Å²) in [6.07, 6.45) is 7.03. The van der Waals surface area contributed by atoms with E-state index < -0.39 is 0 Å². The molecule has 18 heavy (non-hydrogen) atoms. The Morgan fingerprint density at radius 2 is 2.11 bits per heavy atom. The Morgan fingerprint density at radius 3 is 2.78 bits per heavy atom. The first-order valence-corrected chi connectivity index (χ1v) is 6.34. The normalized spacial score (nSPS) is 10.8. The summed E-state index contributed by atoms with van der Waals surface area (Å²) >= 11 is 1.56. The van der Waals surface area contributed by atoms with E-state index in [1.807, 2.05) is 25.5 Å². The Morgan fingerprint density at radius 1 is 1.22 bits per heavy atom. The highest BCUT2D eigenvalue weighted by Crippen LogP contribution is 2.28. The van der Waals surface area contributed by atoms with Crippen LogP contribution >= 0.6 is 11.3 Å². The van der Waals surface area contributed by atoms with Crippen LogP contribution in [0.5, 0.6) is 0 Å². The monoisotopic (exact) mass is 257 g/mol. The number of aryl methyl sites for hydroxylation is 2. The molecule has 6 heteroatoms. The molecular formula is C12H11N5S. The summed E-state index contributed by atoms with van der Waals surface area (Å²) in [4.78, 5) is 12.9. The summed E-state index contributed by atoms with van der Waals surface area (Å²) in [6, 6.07) is 0. The average Bonchev–Trinajstić information content (AvgIpc) is 2.97. The van der Waals surface area contributed by atoms with Gasteiger partial charge in [-0.3, -0.25) is 14.6 Å². The first-order valence-electron chi connectivity index (χ1n) is 5.46. The van der Waals surface area contributed by atoms with Crippen molar-refractivity contribution in [3.63, 3.8) is 0 Å². The predicted octanol–water partition coefficient (Wildman–Crippen LogP) is 2.31. The van der Waals surface area contributed by atoms with Gasteiger partial charge in [0.1, 0.15) is 10.7 Å². The smallest absolute Gasteiger partial charge is 0.144 e. The second-order valence-electron chi connectivity index (χ2n) is 3.93. The van der Waals surface area contributed by atoms with Crippen LogP contribution < -0.4 is 0 Å². The van der Waals surface area contributed by atoms with E-state index in [2.05, 4.69) is 20.1 Å². The van der Waals surface area contributed by atoms with Gasteiger partial charge in [0.05, 0.1) is 17.6 Å². The van der Waals surface area contributed by atoms with Gasteiger partial charge in [0.25, 0.3) is 0 Å². The number of thiazole rings is 1. The van der Waals surface area contributed by atoms with Gasteiger partial charge in [0, 0.05) is 36.6 Å². The Kier molecular flexibility index (Phi) is 2.64. The maximum atomic E-state index is 4.59. The van der Waals surface area contributed by atoms with Gasteiger partial charge >= 0.3 is 0 Å². The lowest BCUT2D eigenvalue weighted by atomic mass is 10.2. The Labute approximate surface area is 108 Å². The van der Waals surface area contributed by atoms with Crippen molar-refractivity contribution in [3.8, 4) is 22.0 Å². The molecule has 3 aromatic rings. The zero-order valence-corrected chi connectivity index (χ0v) is 10.8. The summed E-state index contributed by atoms with van der Waals surface area (Å²) in [5, 5.41) is 7.22. The quantitative estimate of drug-likeness (QED) is 0.707. The summed E-state index contributed by atoms with van der Waals surface area (Å²) in [5.41, 5.74) is 3.78. The van der Waals surface area contributed by atoms with Crippen LogP contribution in [0.2, 0.25) is 0 Å². The van der Waals surface area contributed by atoms with Crippen LogP contribution in [0.15, 0.2) is 30.2 Å². The van der Waals surface area contributed by atoms with Crippen molar-refractivity contribution in [2.75, 3.05) is 0 Å². The topological polar surface area (TPSA) is 56.5 Å². The minimum Gasteiger partial charge on any atom is -0.275 e. The third-order valence-corrected chi connectivity index (χ3v) is 3.44. The van der Waals surface area contributed by atoms with E-state index in [-0.39, 0.29) is 0 Å². The van der Waals surface area contributed by atoms with Gasteiger partial charge in [0.15, 0.2) is 0 Å². The molecule has 5 nitrogen and oxygen atoms in total. The lowest BCUT2D eigenvalue weighted by Gasteiger charge is -1.93. The van der Waals surface area contributed by atoms with E-state index in [4.69, 9.17) is 0 Å². The van der Waals surface area contributed by atoms with Crippen molar-refractivity contribution in [2.24, 2.45) is 7.05 Å². The van der Waals surface area contributed by atoms with Gasteiger partial charge in [-0.1, -0.05) is 0 Å². The molecule has 0 amide bonds. The molecule has 0 bridgehead atoms. The Balaban J connectivity index is 2.02. The fraction of sp³-hybridized carbons (Fsp3) is 0.167. The van der Waals surface area contributed by atoms with Crippen molar-refractivity contribution in [2.45, 2.75) is 6.92 Å². The molecule has 0 unspecified atom stereocenters. The Hall–Kier alpha value is -2.08. The molecule has 0 radical (unpaired) electrons. The lowest BCUT2D eigenvalue weighted by molar-refractivity contribution is 0.756. The summed E-state index contributed by atoms with van der Waals surface area (Å²) in [6.45, 7) is 1.98. The standard InChI is InChI=1S/C12H11N5S/c1-8-9(6-17(2)16-8)11-7-18-12(15-11)10-5-13-3-4-14-10/h3-7H,1-2H3. The highest BCUT2D eigenvalue weighted by molar-refractivity contribution is 7.13. The maximum absolute atomic E-state index is 4.59. The van der Waals surface area contributed by atoms with E-state index in [0.717, 1.165) is 27.7 Å². The zero-order chi connectivity index (χ0) is 12.5. The number of aromatic nitrogens is 5. The first-order chi connectivity index (χ1) is 8.74. The molecule has 0 atom stereocenters. The van der Waals surface area contributed by atoms with E-state index in [1.54, 1.807) is 34.6 Å². The van der Waals surface area contributed by atoms with Crippen LogP contribution in [0, 0.1) is 6.92 Å². The fourth-order valence-corrected chi connectivity index (χ4v) is 2.56. The summed E-state index contributed by atoms with van der Waals surface area (Å²) in [7, 11) is 1.91. The number of nitrogens with zero attached hydrogens (tertiary/aromatic N) is 5. The van der Waals surface area contributed by atoms with Crippen LogP contribution in [0.4, 0.5) is 0 Å². The molecule has 0 aliphatic rings. The second-order valence-corrected chi connectivity index (χ2v) is 4.79. The van der Waals surface area contributed by atoms with Gasteiger partial charge in [-0.15, -0.1) is 11.3 Å². The molecule has 0 aromatic carbocycles. The summed E-state index contributed by atoms with van der Waals surface area (Å²) in [5.74, 6) is 0. The van der Waals surface area contributed by atoms with Crippen molar-refractivity contribution in [1.82, 2.24) is 24.7 Å². The molecule has 0 aliphatic heterocycles. The predicted molar refractivity (Wildman–Crippen MR) is 70.1 cm³/mol. The first kappa shape index (κ1) is 11.0. The molecule has 0 saturated heterocycles. The van der Waals surface area contributed by atoms with E-state index in [0.29, 0.717) is 0 Å². The van der Waals surface area contributed by atoms with Gasteiger partial charge in [-0.25, -0.2) is 4.98 Å². The highest BCUT2D eigenvalue weighted by Gasteiger charge is 2.11. The van der Waals surface area contributed by atoms with Crippen molar-refractivity contribution >= 4 is 11.3 Å². The SMILES string of the molecule is Cc1nn(C)cc1-c1csc(-c2cnccn2)n1. The van der Waals surface area contributed by atoms with Crippen LogP contribution in [0.25, 0.3) is 22.0 Å². The molecule has 0 N–H and O–H groups in total. The fourth-order valence-electron chi connectivity index (χ4n) is 1.78. The molecule has 3 rings (SSSR count). The lowest BCUT2D eigenvalue weighted by Crippen LogP contribution is -1.86. The van der Waals surface area contributed by atoms with E-state index in [9.17, 15) is 0 Å². The molecule has 0 fully saturated rings. The molecule has 3 heterocycles. The molecular weight excluding hydrogens is 246 g/mol. The van der Waals surface area contributed by atoms with Crippen LogP contribution in [0.1, 0.15) is 5.69 Å². The van der Waals surface area contributed by atoms with Gasteiger partial charge in [0.2, 0.25) is 0 Å². The molecule has 0 saturated carbocycles. The minimum atomic E-state index is 0.801. The minimum absolute atomic E-state index is 0.801. The van der Waals surface area contributed by atoms with Crippen LogP contribution in [0.3, 0.4) is 0 Å². The second kappa shape index (κ2) is 4.30. The summed E-state index contributed by atoms with van der Waals surface area (Å²) < 4.78 is 1.80. The average molecular weight is 257 g/mol. The van der Waals surface area contributed by atoms with Crippen LogP contribution in [-0.2, 0) is 7.05 Å². The molecule has 0 aliphatic carbocycles. The zero-order valence-electron chi connectivity index (χ0n) is 10.0. The van der Waals surface area contributed by atoms with Gasteiger partial charge < -0.3 is 0 Å². The van der Waals surface area contributed by atoms with Crippen LogP contribution in [-0.4, -0.2) is 24.7 Å². The maximum Gasteiger partial charge on any atom is 0.144 e. The largest absolute Gasteiger partial charge is 0.275 e. The number of hydrogen-bond acceptors (Lipinski definition) is 5. The van der Waals surface area contributed by atoms with Crippen molar-refractivity contribution < 1.29 is 0 Å². The van der Waals surface area contributed by atoms with Gasteiger partial charge in [-0.2, -0.15) is 5.10 Å².